The van der Waals surface area contributed by atoms with Crippen LogP contribution in [0.5, 0.6) is 0 Å². The van der Waals surface area contributed by atoms with E-state index in [1.54, 1.807) is 13.0 Å². The molecule has 2 atom stereocenters. The number of hydrogen-bond acceptors (Lipinski definition) is 8. The first-order valence-electron chi connectivity index (χ1n) is 11.2. The van der Waals surface area contributed by atoms with Crippen molar-refractivity contribution in [3.8, 4) is 0 Å². The molecule has 9 heteroatoms. The van der Waals surface area contributed by atoms with Gasteiger partial charge in [0.25, 0.3) is 0 Å². The van der Waals surface area contributed by atoms with E-state index in [1.807, 2.05) is 6.92 Å². The molecule has 2 aliphatic rings. The number of aliphatic imine (C=N–C) groups is 2. The van der Waals surface area contributed by atoms with Gasteiger partial charge in [-0.1, -0.05) is 6.92 Å². The number of halogens is 1. The molecule has 32 heavy (non-hydrogen) atoms. The molecule has 1 aromatic carbocycles. The van der Waals surface area contributed by atoms with E-state index in [0.29, 0.717) is 17.1 Å². The highest BCUT2D eigenvalue weighted by atomic mass is 19.1. The van der Waals surface area contributed by atoms with Gasteiger partial charge in [-0.2, -0.15) is 4.99 Å². The molecule has 3 heterocycles. The summed E-state index contributed by atoms with van der Waals surface area (Å²) >= 11 is 0. The summed E-state index contributed by atoms with van der Waals surface area (Å²) in [4.78, 5) is 18.3. The first kappa shape index (κ1) is 22.3. The molecule has 0 saturated carbocycles. The lowest BCUT2D eigenvalue weighted by atomic mass is 9.87. The van der Waals surface area contributed by atoms with Gasteiger partial charge in [0.2, 0.25) is 5.96 Å². The maximum Gasteiger partial charge on any atom is 0.220 e. The fraction of sp³-hybridized carbons (Fsp3) is 0.522. The zero-order valence-electron chi connectivity index (χ0n) is 19.5. The van der Waals surface area contributed by atoms with Crippen LogP contribution in [0.15, 0.2) is 28.2 Å². The highest BCUT2D eigenvalue weighted by molar-refractivity contribution is 5.96. The first-order chi connectivity index (χ1) is 15.1. The fourth-order valence-electron chi connectivity index (χ4n) is 4.60. The number of piperazine rings is 1. The standard InChI is InChI=1S/C23H33FN8/c1-13(2)31-8-10-32(11-9-31)20-17(12-16-6-7-18(24)14(3)19(16)27-20)15(4)23(5)29-21(25)28-22(26)30-23/h6-7,12-13,15H,8-11H2,1-5H3,(H5,25,26,28,29,30). The van der Waals surface area contributed by atoms with Gasteiger partial charge >= 0.3 is 0 Å². The van der Waals surface area contributed by atoms with Gasteiger partial charge < -0.3 is 21.7 Å². The Hall–Kier alpha value is -2.94. The molecule has 0 spiro atoms. The van der Waals surface area contributed by atoms with Crippen molar-refractivity contribution in [3.05, 3.63) is 35.1 Å². The Bertz CT molecular complexity index is 1090. The van der Waals surface area contributed by atoms with Crippen molar-refractivity contribution in [2.24, 2.45) is 21.5 Å². The second-order valence-electron chi connectivity index (χ2n) is 9.22. The summed E-state index contributed by atoms with van der Waals surface area (Å²) in [5.41, 5.74) is 13.4. The SMILES string of the molecule is Cc1c(F)ccc2cc(C(C)C3(C)N=C(N)N=C(N)N3)c(N3CCN(C(C)C)CC3)nc12. The van der Waals surface area contributed by atoms with E-state index in [0.717, 1.165) is 42.9 Å². The number of pyridine rings is 1. The van der Waals surface area contributed by atoms with E-state index in [9.17, 15) is 4.39 Å². The molecule has 4 rings (SSSR count). The predicted molar refractivity (Wildman–Crippen MR) is 129 cm³/mol. The van der Waals surface area contributed by atoms with Crippen molar-refractivity contribution in [2.45, 2.75) is 52.2 Å². The Balaban J connectivity index is 1.81. The normalized spacial score (nSPS) is 23.2. The Morgan fingerprint density at radius 3 is 2.44 bits per heavy atom. The molecule has 5 N–H and O–H groups in total. The summed E-state index contributed by atoms with van der Waals surface area (Å²) in [5.74, 6) is 0.874. The van der Waals surface area contributed by atoms with Gasteiger partial charge in [0.1, 0.15) is 17.3 Å². The molecule has 2 aromatic rings. The van der Waals surface area contributed by atoms with Crippen molar-refractivity contribution in [3.63, 3.8) is 0 Å². The predicted octanol–water partition coefficient (Wildman–Crippen LogP) is 2.27. The van der Waals surface area contributed by atoms with Crippen LogP contribution in [0.3, 0.4) is 0 Å². The smallest absolute Gasteiger partial charge is 0.220 e. The van der Waals surface area contributed by atoms with Crippen molar-refractivity contribution >= 4 is 28.6 Å². The third-order valence-electron chi connectivity index (χ3n) is 6.80. The van der Waals surface area contributed by atoms with E-state index in [-0.39, 0.29) is 23.7 Å². The first-order valence-corrected chi connectivity index (χ1v) is 11.2. The van der Waals surface area contributed by atoms with Gasteiger partial charge in [-0.3, -0.25) is 4.90 Å². The number of hydrogen-bond donors (Lipinski definition) is 3. The van der Waals surface area contributed by atoms with Crippen LogP contribution in [0.4, 0.5) is 10.2 Å². The molecule has 2 unspecified atom stereocenters. The average Bonchev–Trinajstić information content (AvgIpc) is 2.74. The van der Waals surface area contributed by atoms with Crippen molar-refractivity contribution in [1.82, 2.24) is 15.2 Å². The Kier molecular flexibility index (Phi) is 5.70. The van der Waals surface area contributed by atoms with Crippen molar-refractivity contribution < 1.29 is 4.39 Å². The van der Waals surface area contributed by atoms with Crippen LogP contribution >= 0.6 is 0 Å². The molecule has 8 nitrogen and oxygen atoms in total. The fourth-order valence-corrected chi connectivity index (χ4v) is 4.60. The molecule has 0 radical (unpaired) electrons. The van der Waals surface area contributed by atoms with Crippen molar-refractivity contribution in [2.75, 3.05) is 31.1 Å². The van der Waals surface area contributed by atoms with Crippen LogP contribution in [0.1, 0.15) is 44.7 Å². The number of nitrogens with zero attached hydrogens (tertiary/aromatic N) is 5. The van der Waals surface area contributed by atoms with Crippen LogP contribution in [0.25, 0.3) is 10.9 Å². The molecule has 2 aliphatic heterocycles. The lowest BCUT2D eigenvalue weighted by Crippen LogP contribution is -2.55. The largest absolute Gasteiger partial charge is 0.370 e. The van der Waals surface area contributed by atoms with Crippen LogP contribution in [0.2, 0.25) is 0 Å². The number of guanidine groups is 2. The van der Waals surface area contributed by atoms with Gasteiger partial charge in [-0.05, 0) is 45.9 Å². The van der Waals surface area contributed by atoms with Gasteiger partial charge in [-0.15, -0.1) is 0 Å². The number of fused-ring (bicyclic) bond motifs is 1. The number of aromatic nitrogens is 1. The second kappa shape index (κ2) is 8.20. The third kappa shape index (κ3) is 3.97. The Morgan fingerprint density at radius 2 is 1.81 bits per heavy atom. The molecule has 1 fully saturated rings. The number of aryl methyl sites for hydroxylation is 1. The van der Waals surface area contributed by atoms with Gasteiger partial charge in [0, 0.05) is 54.7 Å². The molecule has 0 aliphatic carbocycles. The van der Waals surface area contributed by atoms with Gasteiger partial charge in [0.15, 0.2) is 5.96 Å². The highest BCUT2D eigenvalue weighted by Crippen LogP contribution is 2.38. The van der Waals surface area contributed by atoms with Gasteiger partial charge in [-0.25, -0.2) is 14.4 Å². The highest BCUT2D eigenvalue weighted by Gasteiger charge is 2.38. The number of benzene rings is 1. The summed E-state index contributed by atoms with van der Waals surface area (Å²) in [5, 5.41) is 4.08. The minimum atomic E-state index is -0.783. The molecule has 0 amide bonds. The summed E-state index contributed by atoms with van der Waals surface area (Å²) in [7, 11) is 0. The quantitative estimate of drug-likeness (QED) is 0.673. The number of rotatable bonds is 4. The number of nitrogens with one attached hydrogen (secondary N) is 1. The van der Waals surface area contributed by atoms with E-state index in [2.05, 4.69) is 51.9 Å². The minimum absolute atomic E-state index is 0.129. The molecular formula is C23H33FN8. The lowest BCUT2D eigenvalue weighted by Gasteiger charge is -2.40. The number of anilines is 1. The maximum absolute atomic E-state index is 14.3. The second-order valence-corrected chi connectivity index (χ2v) is 9.22. The topological polar surface area (TPSA) is 108 Å². The summed E-state index contributed by atoms with van der Waals surface area (Å²) in [6.07, 6.45) is 0. The van der Waals surface area contributed by atoms with Gasteiger partial charge in [0.05, 0.1) is 5.52 Å². The number of nitrogens with two attached hydrogens (primary N) is 2. The van der Waals surface area contributed by atoms with Crippen LogP contribution in [-0.2, 0) is 0 Å². The maximum atomic E-state index is 14.3. The van der Waals surface area contributed by atoms with E-state index >= 15 is 0 Å². The molecule has 0 bridgehead atoms. The van der Waals surface area contributed by atoms with Crippen LogP contribution < -0.4 is 21.7 Å². The molecule has 1 saturated heterocycles. The summed E-state index contributed by atoms with van der Waals surface area (Å²) in [6.45, 7) is 13.8. The molecule has 172 valence electrons. The van der Waals surface area contributed by atoms with Crippen LogP contribution in [0, 0.1) is 12.7 Å². The summed E-state index contributed by atoms with van der Waals surface area (Å²) < 4.78 is 14.3. The third-order valence-corrected chi connectivity index (χ3v) is 6.80. The van der Waals surface area contributed by atoms with Crippen LogP contribution in [-0.4, -0.2) is 59.7 Å². The zero-order valence-corrected chi connectivity index (χ0v) is 19.5. The monoisotopic (exact) mass is 440 g/mol. The minimum Gasteiger partial charge on any atom is -0.370 e. The Labute approximate surface area is 188 Å². The lowest BCUT2D eigenvalue weighted by molar-refractivity contribution is 0.209. The van der Waals surface area contributed by atoms with E-state index < -0.39 is 5.66 Å². The summed E-state index contributed by atoms with van der Waals surface area (Å²) in [6, 6.07) is 5.88. The molecule has 1 aromatic heterocycles. The van der Waals surface area contributed by atoms with Crippen molar-refractivity contribution in [1.29, 1.82) is 0 Å². The van der Waals surface area contributed by atoms with E-state index in [1.165, 1.54) is 6.07 Å². The molecular weight excluding hydrogens is 407 g/mol. The Morgan fingerprint density at radius 1 is 1.12 bits per heavy atom. The average molecular weight is 441 g/mol. The van der Waals surface area contributed by atoms with E-state index in [4.69, 9.17) is 16.5 Å². The zero-order chi connectivity index (χ0) is 23.2.